The first kappa shape index (κ1) is 27.2. The van der Waals surface area contributed by atoms with Crippen molar-refractivity contribution in [2.45, 2.75) is 89.1 Å². The summed E-state index contributed by atoms with van der Waals surface area (Å²) in [4.78, 5) is 58.5. The predicted molar refractivity (Wildman–Crippen MR) is 137 cm³/mol. The minimum atomic E-state index is -0.823. The summed E-state index contributed by atoms with van der Waals surface area (Å²) in [7, 11) is 0. The lowest BCUT2D eigenvalue weighted by atomic mass is 10.0. The van der Waals surface area contributed by atoms with Gasteiger partial charge in [0.15, 0.2) is 5.78 Å². The van der Waals surface area contributed by atoms with E-state index < -0.39 is 23.9 Å². The van der Waals surface area contributed by atoms with Gasteiger partial charge in [-0.3, -0.25) is 19.4 Å². The van der Waals surface area contributed by atoms with Crippen LogP contribution in [-0.4, -0.2) is 45.9 Å². The van der Waals surface area contributed by atoms with Gasteiger partial charge in [-0.15, -0.1) is 0 Å². The molecule has 2 unspecified atom stereocenters. The van der Waals surface area contributed by atoms with E-state index in [-0.39, 0.29) is 17.2 Å². The monoisotopic (exact) mass is 492 g/mol. The van der Waals surface area contributed by atoms with Crippen molar-refractivity contribution in [3.63, 3.8) is 0 Å². The zero-order valence-corrected chi connectivity index (χ0v) is 20.8. The second-order valence-corrected chi connectivity index (χ2v) is 9.40. The van der Waals surface area contributed by atoms with Crippen LogP contribution >= 0.6 is 0 Å². The van der Waals surface area contributed by atoms with E-state index in [2.05, 4.69) is 20.6 Å². The summed E-state index contributed by atoms with van der Waals surface area (Å²) in [5, 5.41) is 5.53. The highest BCUT2D eigenvalue weighted by atomic mass is 16.2. The quantitative estimate of drug-likeness (QED) is 0.610. The van der Waals surface area contributed by atoms with Crippen LogP contribution in [0.3, 0.4) is 0 Å². The minimum absolute atomic E-state index is 0.00371. The van der Waals surface area contributed by atoms with Crippen LogP contribution in [0, 0.1) is 0 Å². The number of nitrogens with one attached hydrogen (secondary N) is 2. The molecule has 192 valence electrons. The number of Topliss-reactive ketones (excluding diaryl/α,β-unsaturated/α-hetero) is 1. The lowest BCUT2D eigenvalue weighted by Crippen LogP contribution is -2.50. The highest BCUT2D eigenvalue weighted by Gasteiger charge is 2.25. The van der Waals surface area contributed by atoms with Gasteiger partial charge in [0, 0.05) is 6.42 Å². The topological polar surface area (TPSA) is 118 Å². The van der Waals surface area contributed by atoms with Gasteiger partial charge in [0.2, 0.25) is 5.91 Å². The summed E-state index contributed by atoms with van der Waals surface area (Å²) in [5.41, 5.74) is 1.09. The molecule has 3 rings (SSSR count). The van der Waals surface area contributed by atoms with Gasteiger partial charge in [0.1, 0.15) is 23.7 Å². The zero-order valence-electron chi connectivity index (χ0n) is 20.8. The van der Waals surface area contributed by atoms with E-state index in [1.54, 1.807) is 0 Å². The van der Waals surface area contributed by atoms with Gasteiger partial charge in [0.05, 0.1) is 18.4 Å². The van der Waals surface area contributed by atoms with Gasteiger partial charge >= 0.3 is 0 Å². The van der Waals surface area contributed by atoms with E-state index >= 15 is 0 Å². The predicted octanol–water partition coefficient (Wildman–Crippen LogP) is 3.99. The first-order valence-corrected chi connectivity index (χ1v) is 13.0. The summed E-state index contributed by atoms with van der Waals surface area (Å²) in [6.07, 6.45) is 13.7. The Morgan fingerprint density at radius 3 is 2.28 bits per heavy atom. The number of carbonyl (C=O) groups excluding carboxylic acids is 4. The third kappa shape index (κ3) is 8.98. The van der Waals surface area contributed by atoms with Gasteiger partial charge in [-0.1, -0.05) is 81.7 Å². The Morgan fingerprint density at radius 2 is 1.58 bits per heavy atom. The molecule has 1 aromatic heterocycles. The molecular weight excluding hydrogens is 456 g/mol. The number of aromatic nitrogens is 2. The molecule has 0 fully saturated rings. The third-order valence-corrected chi connectivity index (χ3v) is 6.46. The molecule has 1 aliphatic heterocycles. The first-order valence-electron chi connectivity index (χ1n) is 13.0. The molecule has 1 aromatic carbocycles. The molecule has 2 amide bonds. The standard InChI is InChI=1S/C28H36N4O4/c33-20-22(17-21-13-9-8-10-14-21)30-27(35)23-15-11-6-4-2-1-3-5-7-12-16-26(34)24-18-29-19-25(31-24)28(36)32-23/h8-10,13-14,18-20,22-23H,1-7,11-12,15-17H2,(H,30,35)(H,32,36). The number of benzene rings is 1. The molecule has 2 heterocycles. The molecule has 0 aliphatic carbocycles. The smallest absolute Gasteiger partial charge is 0.272 e. The SMILES string of the molecule is O=CC(Cc1ccccc1)NC(=O)C1CCCCCCCCCCCC(=O)c2cncc(n2)C(=O)N1. The molecule has 8 nitrogen and oxygen atoms in total. The number of aldehydes is 1. The van der Waals surface area contributed by atoms with E-state index in [9.17, 15) is 19.2 Å². The Labute approximate surface area is 212 Å². The number of rotatable bonds is 5. The molecule has 8 heteroatoms. The minimum Gasteiger partial charge on any atom is -0.344 e. The van der Waals surface area contributed by atoms with Crippen molar-refractivity contribution >= 4 is 23.9 Å². The number of hydrogen-bond donors (Lipinski definition) is 2. The third-order valence-electron chi connectivity index (χ3n) is 6.46. The van der Waals surface area contributed by atoms with E-state index in [1.165, 1.54) is 12.4 Å². The van der Waals surface area contributed by atoms with E-state index in [0.29, 0.717) is 25.5 Å². The van der Waals surface area contributed by atoms with Gasteiger partial charge in [0.25, 0.3) is 5.91 Å². The molecule has 36 heavy (non-hydrogen) atoms. The van der Waals surface area contributed by atoms with Crippen LogP contribution in [0.5, 0.6) is 0 Å². The molecule has 0 radical (unpaired) electrons. The fourth-order valence-corrected chi connectivity index (χ4v) is 4.39. The number of amides is 2. The number of carbonyl (C=O) groups is 4. The summed E-state index contributed by atoms with van der Waals surface area (Å²) in [6, 6.07) is 7.92. The van der Waals surface area contributed by atoms with Crippen LogP contribution in [0.15, 0.2) is 42.7 Å². The molecule has 2 atom stereocenters. The maximum atomic E-state index is 13.1. The van der Waals surface area contributed by atoms with Crippen molar-refractivity contribution < 1.29 is 19.2 Å². The molecule has 2 bridgehead atoms. The number of hydrogen-bond acceptors (Lipinski definition) is 6. The fraction of sp³-hybridized carbons (Fsp3) is 0.500. The van der Waals surface area contributed by atoms with E-state index in [4.69, 9.17) is 0 Å². The lowest BCUT2D eigenvalue weighted by Gasteiger charge is -2.21. The van der Waals surface area contributed by atoms with Crippen LogP contribution in [0.4, 0.5) is 0 Å². The Kier molecular flexibility index (Phi) is 11.2. The van der Waals surface area contributed by atoms with Crippen LogP contribution < -0.4 is 10.6 Å². The van der Waals surface area contributed by atoms with Gasteiger partial charge in [-0.05, 0) is 24.8 Å². The summed E-state index contributed by atoms with van der Waals surface area (Å²) >= 11 is 0. The highest BCUT2D eigenvalue weighted by molar-refractivity contribution is 5.98. The first-order chi connectivity index (χ1) is 17.6. The maximum absolute atomic E-state index is 13.1. The zero-order chi connectivity index (χ0) is 25.6. The molecule has 0 saturated heterocycles. The van der Waals surface area contributed by atoms with Crippen molar-refractivity contribution in [1.29, 1.82) is 0 Å². The number of fused-ring (bicyclic) bond motifs is 2. The number of nitrogens with zero attached hydrogens (tertiary/aromatic N) is 2. The highest BCUT2D eigenvalue weighted by Crippen LogP contribution is 2.14. The maximum Gasteiger partial charge on any atom is 0.272 e. The van der Waals surface area contributed by atoms with Crippen molar-refractivity contribution in [1.82, 2.24) is 20.6 Å². The van der Waals surface area contributed by atoms with Gasteiger partial charge in [-0.25, -0.2) is 4.98 Å². The summed E-state index contributed by atoms with van der Waals surface area (Å²) in [5.74, 6) is -1.11. The van der Waals surface area contributed by atoms with Gasteiger partial charge < -0.3 is 15.4 Å². The van der Waals surface area contributed by atoms with Crippen LogP contribution in [0.2, 0.25) is 0 Å². The van der Waals surface area contributed by atoms with Gasteiger partial charge in [-0.2, -0.15) is 0 Å². The van der Waals surface area contributed by atoms with Crippen LogP contribution in [0.1, 0.15) is 97.2 Å². The second-order valence-electron chi connectivity index (χ2n) is 9.40. The normalized spacial score (nSPS) is 19.3. The Bertz CT molecular complexity index is 1010. The van der Waals surface area contributed by atoms with Crippen LogP contribution in [-0.2, 0) is 16.0 Å². The average molecular weight is 493 g/mol. The Morgan fingerprint density at radius 1 is 0.944 bits per heavy atom. The lowest BCUT2D eigenvalue weighted by molar-refractivity contribution is -0.125. The molecule has 2 N–H and O–H groups in total. The molecule has 2 aromatic rings. The average Bonchev–Trinajstić information content (AvgIpc) is 2.90. The fourth-order valence-electron chi connectivity index (χ4n) is 4.39. The number of ketones is 1. The Balaban J connectivity index is 1.72. The summed E-state index contributed by atoms with van der Waals surface area (Å²) < 4.78 is 0. The van der Waals surface area contributed by atoms with Crippen molar-refractivity contribution in [3.8, 4) is 0 Å². The van der Waals surface area contributed by atoms with E-state index in [0.717, 1.165) is 63.4 Å². The molecule has 0 spiro atoms. The molecular formula is C28H36N4O4. The summed E-state index contributed by atoms with van der Waals surface area (Å²) in [6.45, 7) is 0. The Hall–Kier alpha value is -3.42. The molecule has 1 aliphatic rings. The second kappa shape index (κ2) is 14.9. The van der Waals surface area contributed by atoms with Crippen molar-refractivity contribution in [2.24, 2.45) is 0 Å². The van der Waals surface area contributed by atoms with Crippen molar-refractivity contribution in [3.05, 3.63) is 59.7 Å². The van der Waals surface area contributed by atoms with Crippen LogP contribution in [0.25, 0.3) is 0 Å². The van der Waals surface area contributed by atoms with Crippen molar-refractivity contribution in [2.75, 3.05) is 0 Å². The van der Waals surface area contributed by atoms with E-state index in [1.807, 2.05) is 30.3 Å². The molecule has 0 saturated carbocycles. The largest absolute Gasteiger partial charge is 0.344 e.